The first-order valence-electron chi connectivity index (χ1n) is 9.11. The van der Waals surface area contributed by atoms with Crippen molar-refractivity contribution in [2.45, 2.75) is 47.2 Å². The normalized spacial score (nSPS) is 16.5. The number of nitrogens with zero attached hydrogens (tertiary/aromatic N) is 1. The SMILES string of the molecule is C=C(/C(=C(C)\C=C(/C)NN1C(=O)C(C)=C(C)C1=O)C(C)(C)F)c1ccccc1. The Kier molecular flexibility index (Phi) is 6.07. The third kappa shape index (κ3) is 4.30. The van der Waals surface area contributed by atoms with Crippen LogP contribution in [0, 0.1) is 0 Å². The van der Waals surface area contributed by atoms with E-state index in [2.05, 4.69) is 12.0 Å². The minimum absolute atomic E-state index is 0.378. The van der Waals surface area contributed by atoms with Crippen LogP contribution in [0.4, 0.5) is 4.39 Å². The number of rotatable bonds is 6. The molecule has 0 aromatic heterocycles. The van der Waals surface area contributed by atoms with Crippen molar-refractivity contribution in [1.29, 1.82) is 0 Å². The fourth-order valence-electron chi connectivity index (χ4n) is 3.30. The molecule has 148 valence electrons. The second kappa shape index (κ2) is 7.97. The molecule has 1 aromatic rings. The Labute approximate surface area is 166 Å². The fourth-order valence-corrected chi connectivity index (χ4v) is 3.30. The van der Waals surface area contributed by atoms with E-state index in [-0.39, 0.29) is 11.8 Å². The van der Waals surface area contributed by atoms with Crippen LogP contribution in [0.25, 0.3) is 5.57 Å². The van der Waals surface area contributed by atoms with Crippen molar-refractivity contribution in [3.8, 4) is 0 Å². The summed E-state index contributed by atoms with van der Waals surface area (Å²) in [6.45, 7) is 13.8. The molecule has 0 saturated carbocycles. The molecule has 0 bridgehead atoms. The summed E-state index contributed by atoms with van der Waals surface area (Å²) < 4.78 is 15.0. The molecule has 5 heteroatoms. The molecule has 0 unspecified atom stereocenters. The zero-order chi connectivity index (χ0) is 21.2. The Bertz CT molecular complexity index is 892. The molecule has 0 aliphatic carbocycles. The van der Waals surface area contributed by atoms with Gasteiger partial charge in [-0.3, -0.25) is 15.0 Å². The third-order valence-corrected chi connectivity index (χ3v) is 4.74. The van der Waals surface area contributed by atoms with E-state index in [1.165, 1.54) is 13.8 Å². The zero-order valence-corrected chi connectivity index (χ0v) is 17.3. The molecule has 1 aromatic carbocycles. The summed E-state index contributed by atoms with van der Waals surface area (Å²) >= 11 is 0. The van der Waals surface area contributed by atoms with Gasteiger partial charge in [-0.1, -0.05) is 36.9 Å². The molecule has 1 N–H and O–H groups in total. The summed E-state index contributed by atoms with van der Waals surface area (Å²) in [6.07, 6.45) is 1.72. The van der Waals surface area contributed by atoms with E-state index < -0.39 is 5.67 Å². The van der Waals surface area contributed by atoms with Gasteiger partial charge in [-0.25, -0.2) is 4.39 Å². The number of halogens is 1. The predicted molar refractivity (Wildman–Crippen MR) is 110 cm³/mol. The maximum absolute atomic E-state index is 15.0. The Balaban J connectivity index is 2.37. The van der Waals surface area contributed by atoms with Gasteiger partial charge < -0.3 is 0 Å². The topological polar surface area (TPSA) is 49.4 Å². The minimum atomic E-state index is -1.62. The third-order valence-electron chi connectivity index (χ3n) is 4.74. The number of allylic oxidation sites excluding steroid dienone is 5. The summed E-state index contributed by atoms with van der Waals surface area (Å²) in [5.41, 5.74) is 5.13. The van der Waals surface area contributed by atoms with Crippen molar-refractivity contribution in [3.63, 3.8) is 0 Å². The van der Waals surface area contributed by atoms with E-state index in [4.69, 9.17) is 0 Å². The first-order valence-corrected chi connectivity index (χ1v) is 9.11. The van der Waals surface area contributed by atoms with Crippen molar-refractivity contribution >= 4 is 17.4 Å². The van der Waals surface area contributed by atoms with Gasteiger partial charge in [0.2, 0.25) is 0 Å². The summed E-state index contributed by atoms with van der Waals surface area (Å²) in [6, 6.07) is 9.42. The molecule has 28 heavy (non-hydrogen) atoms. The fraction of sp³-hybridized carbons (Fsp3) is 0.304. The summed E-state index contributed by atoms with van der Waals surface area (Å²) in [5, 5.41) is 0.982. The lowest BCUT2D eigenvalue weighted by atomic mass is 9.85. The summed E-state index contributed by atoms with van der Waals surface area (Å²) in [7, 11) is 0. The van der Waals surface area contributed by atoms with Gasteiger partial charge in [0.25, 0.3) is 11.8 Å². The van der Waals surface area contributed by atoms with E-state index in [1.807, 2.05) is 30.3 Å². The van der Waals surface area contributed by atoms with Gasteiger partial charge >= 0.3 is 0 Å². The lowest BCUT2D eigenvalue weighted by Gasteiger charge is -2.24. The summed E-state index contributed by atoms with van der Waals surface area (Å²) in [4.78, 5) is 24.4. The van der Waals surface area contributed by atoms with Crippen LogP contribution >= 0.6 is 0 Å². The van der Waals surface area contributed by atoms with Gasteiger partial charge in [0, 0.05) is 16.8 Å². The van der Waals surface area contributed by atoms with Crippen molar-refractivity contribution in [3.05, 3.63) is 76.5 Å². The second-order valence-electron chi connectivity index (χ2n) is 7.51. The van der Waals surface area contributed by atoms with Gasteiger partial charge in [-0.15, -0.1) is 0 Å². The largest absolute Gasteiger partial charge is 0.293 e. The quantitative estimate of drug-likeness (QED) is 0.564. The number of hydrazine groups is 1. The molecular weight excluding hydrogens is 355 g/mol. The molecule has 0 saturated heterocycles. The number of imide groups is 1. The van der Waals surface area contributed by atoms with Gasteiger partial charge in [0.1, 0.15) is 5.67 Å². The molecule has 0 atom stereocenters. The van der Waals surface area contributed by atoms with Crippen LogP contribution in [0.3, 0.4) is 0 Å². The van der Waals surface area contributed by atoms with Crippen LogP contribution in [-0.4, -0.2) is 22.5 Å². The predicted octanol–water partition coefficient (Wildman–Crippen LogP) is 4.88. The highest BCUT2D eigenvalue weighted by Crippen LogP contribution is 2.35. The standard InChI is InChI=1S/C23H27FN2O2/c1-14(13-15(2)25-26-21(27)16(3)17(4)22(26)28)20(23(6,7)24)18(5)19-11-9-8-10-12-19/h8-13,25H,5H2,1-4,6-7H3/b15-13+,20-14+. The number of alkyl halides is 1. The molecule has 0 fully saturated rings. The van der Waals surface area contributed by atoms with E-state index in [1.54, 1.807) is 33.8 Å². The number of amides is 2. The molecule has 2 rings (SSSR count). The van der Waals surface area contributed by atoms with E-state index in [0.29, 0.717) is 33.6 Å². The smallest absolute Gasteiger partial charge is 0.275 e. The number of carbonyl (C=O) groups excluding carboxylic acids is 2. The van der Waals surface area contributed by atoms with E-state index in [9.17, 15) is 9.59 Å². The molecule has 1 aliphatic heterocycles. The van der Waals surface area contributed by atoms with E-state index in [0.717, 1.165) is 10.6 Å². The number of hydrogen-bond donors (Lipinski definition) is 1. The van der Waals surface area contributed by atoms with Crippen molar-refractivity contribution in [2.75, 3.05) is 0 Å². The van der Waals surface area contributed by atoms with Crippen molar-refractivity contribution in [2.24, 2.45) is 0 Å². The number of hydrogen-bond acceptors (Lipinski definition) is 3. The number of carbonyl (C=O) groups is 2. The zero-order valence-electron chi connectivity index (χ0n) is 17.3. The highest BCUT2D eigenvalue weighted by molar-refractivity contribution is 6.18. The van der Waals surface area contributed by atoms with Crippen LogP contribution < -0.4 is 5.43 Å². The first kappa shape index (κ1) is 21.4. The van der Waals surface area contributed by atoms with Crippen LogP contribution in [0.15, 0.2) is 71.0 Å². The Morgan fingerprint density at radius 3 is 2.04 bits per heavy atom. The van der Waals surface area contributed by atoms with Crippen LogP contribution in [0.2, 0.25) is 0 Å². The maximum Gasteiger partial charge on any atom is 0.275 e. The number of nitrogens with one attached hydrogen (secondary N) is 1. The van der Waals surface area contributed by atoms with Crippen LogP contribution in [0.1, 0.15) is 47.1 Å². The lowest BCUT2D eigenvalue weighted by Crippen LogP contribution is -2.42. The Hall–Kier alpha value is -2.95. The highest BCUT2D eigenvalue weighted by Gasteiger charge is 2.33. The van der Waals surface area contributed by atoms with E-state index >= 15 is 4.39 Å². The maximum atomic E-state index is 15.0. The summed E-state index contributed by atoms with van der Waals surface area (Å²) in [5.74, 6) is -0.756. The van der Waals surface area contributed by atoms with Crippen molar-refractivity contribution < 1.29 is 14.0 Å². The second-order valence-corrected chi connectivity index (χ2v) is 7.51. The Morgan fingerprint density at radius 2 is 1.57 bits per heavy atom. The monoisotopic (exact) mass is 382 g/mol. The van der Waals surface area contributed by atoms with Gasteiger partial charge in [0.05, 0.1) is 0 Å². The van der Waals surface area contributed by atoms with Crippen LogP contribution in [-0.2, 0) is 9.59 Å². The van der Waals surface area contributed by atoms with Crippen LogP contribution in [0.5, 0.6) is 0 Å². The van der Waals surface area contributed by atoms with Gasteiger partial charge in [0.15, 0.2) is 0 Å². The highest BCUT2D eigenvalue weighted by atomic mass is 19.1. The molecule has 1 heterocycles. The lowest BCUT2D eigenvalue weighted by molar-refractivity contribution is -0.140. The van der Waals surface area contributed by atoms with Crippen molar-refractivity contribution in [1.82, 2.24) is 10.4 Å². The average Bonchev–Trinajstić information content (AvgIpc) is 2.79. The number of benzene rings is 1. The average molecular weight is 382 g/mol. The molecule has 4 nitrogen and oxygen atoms in total. The first-order chi connectivity index (χ1) is 12.9. The minimum Gasteiger partial charge on any atom is -0.293 e. The Morgan fingerprint density at radius 1 is 1.07 bits per heavy atom. The molecular formula is C23H27FN2O2. The molecule has 0 spiro atoms. The molecule has 1 aliphatic rings. The molecule has 2 amide bonds. The van der Waals surface area contributed by atoms with Gasteiger partial charge in [-0.05, 0) is 69.9 Å². The van der Waals surface area contributed by atoms with Gasteiger partial charge in [-0.2, -0.15) is 5.01 Å². The molecule has 0 radical (unpaired) electrons.